The zero-order valence-electron chi connectivity index (χ0n) is 15.2. The average Bonchev–Trinajstić information content (AvgIpc) is 2.81. The van der Waals surface area contributed by atoms with E-state index >= 15 is 0 Å². The second kappa shape index (κ2) is 6.93. The lowest BCUT2D eigenvalue weighted by molar-refractivity contribution is 0.194. The molecule has 0 radical (unpaired) electrons. The Morgan fingerprint density at radius 3 is 2.58 bits per heavy atom. The van der Waals surface area contributed by atoms with Crippen LogP contribution in [0, 0.1) is 13.8 Å². The molecule has 0 saturated carbocycles. The van der Waals surface area contributed by atoms with Gasteiger partial charge in [0.1, 0.15) is 5.82 Å². The Bertz CT molecular complexity index is 754. The Morgan fingerprint density at radius 2 is 1.92 bits per heavy atom. The topological polar surface area (TPSA) is 43.1 Å². The quantitative estimate of drug-likeness (QED) is 0.866. The number of benzene rings is 1. The fourth-order valence-electron chi connectivity index (χ4n) is 3.95. The van der Waals surface area contributed by atoms with Gasteiger partial charge in [0.05, 0.1) is 0 Å². The minimum absolute atomic E-state index is 0.000988. The first kappa shape index (κ1) is 17.0. The fraction of sp³-hybridized carbons (Fsp3) is 0.579. The summed E-state index contributed by atoms with van der Waals surface area (Å²) in [5.74, 6) is 1.30. The van der Waals surface area contributed by atoms with E-state index in [1.54, 1.807) is 7.05 Å². The molecule has 0 amide bonds. The van der Waals surface area contributed by atoms with Crippen molar-refractivity contribution in [2.75, 3.05) is 13.1 Å². The van der Waals surface area contributed by atoms with Crippen LogP contribution in [0.4, 0.5) is 0 Å². The van der Waals surface area contributed by atoms with Crippen LogP contribution in [0.5, 0.6) is 0 Å². The van der Waals surface area contributed by atoms with Crippen LogP contribution in [0.1, 0.15) is 48.2 Å². The van der Waals surface area contributed by atoms with Crippen molar-refractivity contribution in [3.8, 4) is 0 Å². The van der Waals surface area contributed by atoms with Gasteiger partial charge in [-0.25, -0.2) is 9.48 Å². The smallest absolute Gasteiger partial charge is 0.298 e. The predicted octanol–water partition coefficient (Wildman–Crippen LogP) is 2.60. The van der Waals surface area contributed by atoms with Crippen LogP contribution in [0.2, 0.25) is 0 Å². The summed E-state index contributed by atoms with van der Waals surface area (Å²) in [4.78, 5) is 14.7. The van der Waals surface area contributed by atoms with E-state index in [4.69, 9.17) is 0 Å². The number of aromatic nitrogens is 3. The highest BCUT2D eigenvalue weighted by atomic mass is 16.2. The van der Waals surface area contributed by atoms with E-state index in [1.807, 2.05) is 11.5 Å². The van der Waals surface area contributed by atoms with Gasteiger partial charge in [-0.1, -0.05) is 29.3 Å². The van der Waals surface area contributed by atoms with Crippen LogP contribution >= 0.6 is 0 Å². The third-order valence-electron chi connectivity index (χ3n) is 4.91. The van der Waals surface area contributed by atoms with Crippen molar-refractivity contribution in [2.45, 2.75) is 52.6 Å². The maximum Gasteiger partial charge on any atom is 0.345 e. The maximum atomic E-state index is 12.2. The highest BCUT2D eigenvalue weighted by molar-refractivity contribution is 5.28. The minimum Gasteiger partial charge on any atom is -0.298 e. The average molecular weight is 328 g/mol. The van der Waals surface area contributed by atoms with Crippen molar-refractivity contribution >= 4 is 0 Å². The van der Waals surface area contributed by atoms with Gasteiger partial charge in [-0.3, -0.25) is 9.47 Å². The van der Waals surface area contributed by atoms with Gasteiger partial charge in [0, 0.05) is 32.6 Å². The molecular formula is C19H28N4O. The molecule has 1 aliphatic heterocycles. The number of hydrogen-bond donors (Lipinski definition) is 0. The molecular weight excluding hydrogens is 300 g/mol. The molecule has 1 aromatic carbocycles. The lowest BCUT2D eigenvalue weighted by Gasteiger charge is -2.32. The number of rotatable bonds is 4. The second-order valence-corrected chi connectivity index (χ2v) is 7.08. The van der Waals surface area contributed by atoms with E-state index in [-0.39, 0.29) is 5.69 Å². The Kier molecular flexibility index (Phi) is 4.90. The van der Waals surface area contributed by atoms with E-state index in [2.05, 4.69) is 42.0 Å². The van der Waals surface area contributed by atoms with Gasteiger partial charge in [0.25, 0.3) is 0 Å². The van der Waals surface area contributed by atoms with Gasteiger partial charge in [-0.05, 0) is 45.7 Å². The molecule has 2 heterocycles. The van der Waals surface area contributed by atoms with Crippen molar-refractivity contribution in [3.63, 3.8) is 0 Å². The molecule has 0 spiro atoms. The molecule has 24 heavy (non-hydrogen) atoms. The molecule has 0 bridgehead atoms. The lowest BCUT2D eigenvalue weighted by Crippen LogP contribution is -2.35. The first-order valence-electron chi connectivity index (χ1n) is 8.91. The van der Waals surface area contributed by atoms with E-state index < -0.39 is 0 Å². The standard InChI is InChI=1S/C19H28N4O/c1-5-23-18(20-21(4)19(23)24)17-7-6-8-22(13-17)12-16-10-14(2)9-15(3)11-16/h9-11,17H,5-8,12-13H2,1-4H3. The van der Waals surface area contributed by atoms with Gasteiger partial charge in [-0.15, -0.1) is 0 Å². The molecule has 1 fully saturated rings. The van der Waals surface area contributed by atoms with Crippen LogP contribution in [0.15, 0.2) is 23.0 Å². The summed E-state index contributed by atoms with van der Waals surface area (Å²) >= 11 is 0. The monoisotopic (exact) mass is 328 g/mol. The summed E-state index contributed by atoms with van der Waals surface area (Å²) in [5.41, 5.74) is 4.02. The van der Waals surface area contributed by atoms with Crippen LogP contribution < -0.4 is 5.69 Å². The molecule has 3 rings (SSSR count). The summed E-state index contributed by atoms with van der Waals surface area (Å²) in [6.07, 6.45) is 2.27. The van der Waals surface area contributed by atoms with Gasteiger partial charge < -0.3 is 0 Å². The number of likely N-dealkylation sites (tertiary alicyclic amines) is 1. The third kappa shape index (κ3) is 3.46. The van der Waals surface area contributed by atoms with E-state index in [9.17, 15) is 4.79 Å². The molecule has 1 saturated heterocycles. The van der Waals surface area contributed by atoms with Crippen LogP contribution in [-0.4, -0.2) is 32.3 Å². The van der Waals surface area contributed by atoms with Crippen LogP contribution in [0.25, 0.3) is 0 Å². The van der Waals surface area contributed by atoms with E-state index in [0.29, 0.717) is 12.5 Å². The largest absolute Gasteiger partial charge is 0.345 e. The molecule has 1 aliphatic rings. The Morgan fingerprint density at radius 1 is 1.21 bits per heavy atom. The summed E-state index contributed by atoms with van der Waals surface area (Å²) in [6, 6.07) is 6.77. The molecule has 0 N–H and O–H groups in total. The first-order valence-corrected chi connectivity index (χ1v) is 8.91. The molecule has 1 atom stereocenters. The van der Waals surface area contributed by atoms with Gasteiger partial charge in [0.15, 0.2) is 0 Å². The van der Waals surface area contributed by atoms with Crippen molar-refractivity contribution in [1.82, 2.24) is 19.2 Å². The maximum absolute atomic E-state index is 12.2. The molecule has 130 valence electrons. The van der Waals surface area contributed by atoms with E-state index in [1.165, 1.54) is 21.4 Å². The third-order valence-corrected chi connectivity index (χ3v) is 4.91. The van der Waals surface area contributed by atoms with Crippen LogP contribution in [0.3, 0.4) is 0 Å². The molecule has 5 nitrogen and oxygen atoms in total. The fourth-order valence-corrected chi connectivity index (χ4v) is 3.95. The number of nitrogens with zero attached hydrogens (tertiary/aromatic N) is 4. The number of piperidine rings is 1. The molecule has 1 unspecified atom stereocenters. The van der Waals surface area contributed by atoms with Crippen molar-refractivity contribution in [3.05, 3.63) is 51.2 Å². The Balaban J connectivity index is 1.77. The van der Waals surface area contributed by atoms with Gasteiger partial charge >= 0.3 is 5.69 Å². The Hall–Kier alpha value is -1.88. The normalized spacial score (nSPS) is 18.9. The molecule has 0 aliphatic carbocycles. The number of aryl methyl sites for hydroxylation is 3. The highest BCUT2D eigenvalue weighted by Crippen LogP contribution is 2.26. The summed E-state index contributed by atoms with van der Waals surface area (Å²) in [5, 5.41) is 4.51. The van der Waals surface area contributed by atoms with E-state index in [0.717, 1.165) is 38.3 Å². The molecule has 5 heteroatoms. The summed E-state index contributed by atoms with van der Waals surface area (Å²) in [6.45, 7) is 10.1. The van der Waals surface area contributed by atoms with Gasteiger partial charge in [-0.2, -0.15) is 5.10 Å². The molecule has 1 aromatic heterocycles. The minimum atomic E-state index is -0.000988. The zero-order chi connectivity index (χ0) is 17.3. The zero-order valence-corrected chi connectivity index (χ0v) is 15.2. The van der Waals surface area contributed by atoms with Crippen molar-refractivity contribution < 1.29 is 0 Å². The Labute approximate surface area is 143 Å². The second-order valence-electron chi connectivity index (χ2n) is 7.08. The summed E-state index contributed by atoms with van der Waals surface area (Å²) < 4.78 is 3.30. The number of hydrogen-bond acceptors (Lipinski definition) is 3. The lowest BCUT2D eigenvalue weighted by atomic mass is 9.96. The summed E-state index contributed by atoms with van der Waals surface area (Å²) in [7, 11) is 1.74. The predicted molar refractivity (Wildman–Crippen MR) is 96.3 cm³/mol. The SMILES string of the molecule is CCn1c(C2CCCN(Cc3cc(C)cc(C)c3)C2)nn(C)c1=O. The van der Waals surface area contributed by atoms with Crippen molar-refractivity contribution in [1.29, 1.82) is 0 Å². The van der Waals surface area contributed by atoms with Crippen molar-refractivity contribution in [2.24, 2.45) is 7.05 Å². The van der Waals surface area contributed by atoms with Gasteiger partial charge in [0.2, 0.25) is 0 Å². The van der Waals surface area contributed by atoms with Crippen LogP contribution in [-0.2, 0) is 20.1 Å². The highest BCUT2D eigenvalue weighted by Gasteiger charge is 2.26. The first-order chi connectivity index (χ1) is 11.5. The molecule has 2 aromatic rings.